The summed E-state index contributed by atoms with van der Waals surface area (Å²) >= 11 is 0. The summed E-state index contributed by atoms with van der Waals surface area (Å²) < 4.78 is 0. The molecule has 1 aliphatic carbocycles. The molecule has 0 N–H and O–H groups in total. The molecular formula is C7H10Ti. The van der Waals surface area contributed by atoms with E-state index in [0.29, 0.717) is 0 Å². The van der Waals surface area contributed by atoms with Gasteiger partial charge in [0.15, 0.2) is 0 Å². The molecule has 0 fully saturated rings. The molecule has 8 heavy (non-hydrogen) atoms. The number of hydrogen-bond acceptors (Lipinski definition) is 0. The topological polar surface area (TPSA) is 0 Å². The maximum absolute atomic E-state index is 2.20. The van der Waals surface area contributed by atoms with Crippen molar-refractivity contribution in [3.05, 3.63) is 23.3 Å². The first-order valence-electron chi connectivity index (χ1n) is 2.63. The smallest absolute Gasteiger partial charge is 0 e. The molecule has 1 heteroatoms. The molecule has 0 radical (unpaired) electrons. The van der Waals surface area contributed by atoms with Gasteiger partial charge in [-0.25, -0.2) is 0 Å². The molecule has 0 aliphatic heterocycles. The average Bonchev–Trinajstić information content (AvgIpc) is 1.91. The van der Waals surface area contributed by atoms with Crippen LogP contribution in [0.2, 0.25) is 0 Å². The van der Waals surface area contributed by atoms with Crippen LogP contribution in [0.4, 0.5) is 0 Å². The van der Waals surface area contributed by atoms with Crippen molar-refractivity contribution in [1.82, 2.24) is 0 Å². The van der Waals surface area contributed by atoms with Gasteiger partial charge >= 0.3 is 0 Å². The Kier molecular flexibility index (Phi) is 3.34. The minimum atomic E-state index is 0. The quantitative estimate of drug-likeness (QED) is 0.455. The van der Waals surface area contributed by atoms with Gasteiger partial charge in [0, 0.05) is 21.7 Å². The summed E-state index contributed by atoms with van der Waals surface area (Å²) in [6.45, 7) is 4.33. The Hall–Kier alpha value is 0.194. The van der Waals surface area contributed by atoms with Gasteiger partial charge in [0.2, 0.25) is 0 Å². The van der Waals surface area contributed by atoms with Crippen LogP contribution < -0.4 is 0 Å². The monoisotopic (exact) mass is 142 g/mol. The van der Waals surface area contributed by atoms with Crippen LogP contribution >= 0.6 is 0 Å². The first-order valence-corrected chi connectivity index (χ1v) is 2.63. The van der Waals surface area contributed by atoms with Crippen molar-refractivity contribution in [2.45, 2.75) is 20.3 Å². The van der Waals surface area contributed by atoms with E-state index in [1.807, 2.05) is 0 Å². The summed E-state index contributed by atoms with van der Waals surface area (Å²) in [5.41, 5.74) is 2.96. The van der Waals surface area contributed by atoms with Crippen LogP contribution in [0.1, 0.15) is 20.3 Å². The standard InChI is InChI=1S/C7H10.Ti/c1-6-4-3-5-7(6)2;/h3-4H,5H2,1-2H3;. The van der Waals surface area contributed by atoms with Gasteiger partial charge in [-0.15, -0.1) is 0 Å². The van der Waals surface area contributed by atoms with Crippen LogP contribution in [-0.2, 0) is 21.7 Å². The van der Waals surface area contributed by atoms with Crippen molar-refractivity contribution in [2.75, 3.05) is 0 Å². The summed E-state index contributed by atoms with van der Waals surface area (Å²) in [7, 11) is 0. The van der Waals surface area contributed by atoms with E-state index in [-0.39, 0.29) is 21.7 Å². The zero-order chi connectivity index (χ0) is 5.28. The summed E-state index contributed by atoms with van der Waals surface area (Å²) in [5, 5.41) is 0. The maximum atomic E-state index is 2.20. The second-order valence-corrected chi connectivity index (χ2v) is 2.07. The van der Waals surface area contributed by atoms with Gasteiger partial charge in [-0.2, -0.15) is 0 Å². The number of hydrogen-bond donors (Lipinski definition) is 0. The van der Waals surface area contributed by atoms with Crippen molar-refractivity contribution >= 4 is 0 Å². The van der Waals surface area contributed by atoms with E-state index in [2.05, 4.69) is 26.0 Å². The third-order valence-corrected chi connectivity index (χ3v) is 1.47. The number of allylic oxidation sites excluding steroid dienone is 4. The molecule has 0 amide bonds. The third-order valence-electron chi connectivity index (χ3n) is 1.47. The first-order chi connectivity index (χ1) is 3.30. The molecule has 42 valence electrons. The van der Waals surface area contributed by atoms with Gasteiger partial charge in [0.05, 0.1) is 0 Å². The Labute approximate surface area is 65.6 Å². The van der Waals surface area contributed by atoms with E-state index in [4.69, 9.17) is 0 Å². The van der Waals surface area contributed by atoms with Crippen LogP contribution in [0.5, 0.6) is 0 Å². The van der Waals surface area contributed by atoms with E-state index < -0.39 is 0 Å². The third kappa shape index (κ3) is 1.61. The van der Waals surface area contributed by atoms with Crippen molar-refractivity contribution in [3.63, 3.8) is 0 Å². The van der Waals surface area contributed by atoms with Gasteiger partial charge in [-0.1, -0.05) is 23.3 Å². The Morgan fingerprint density at radius 1 is 1.38 bits per heavy atom. The van der Waals surface area contributed by atoms with Crippen molar-refractivity contribution in [3.8, 4) is 0 Å². The van der Waals surface area contributed by atoms with Gasteiger partial charge in [-0.3, -0.25) is 0 Å². The fraction of sp³-hybridized carbons (Fsp3) is 0.429. The Morgan fingerprint density at radius 2 is 2.00 bits per heavy atom. The second-order valence-electron chi connectivity index (χ2n) is 2.07. The summed E-state index contributed by atoms with van der Waals surface area (Å²) in [5.74, 6) is 0. The molecule has 0 bridgehead atoms. The molecule has 0 unspecified atom stereocenters. The van der Waals surface area contributed by atoms with E-state index in [9.17, 15) is 0 Å². The van der Waals surface area contributed by atoms with Crippen LogP contribution in [0.25, 0.3) is 0 Å². The molecule has 0 saturated heterocycles. The molecule has 1 aliphatic rings. The SMILES string of the molecule is CC1=C(C)CC=C1.[Ti]. The van der Waals surface area contributed by atoms with E-state index in [1.165, 1.54) is 17.6 Å². The molecule has 0 aromatic carbocycles. The average molecular weight is 142 g/mol. The zero-order valence-electron chi connectivity index (χ0n) is 5.36. The van der Waals surface area contributed by atoms with Crippen molar-refractivity contribution < 1.29 is 21.7 Å². The van der Waals surface area contributed by atoms with E-state index in [0.717, 1.165) is 0 Å². The Bertz CT molecular complexity index is 131. The van der Waals surface area contributed by atoms with Crippen LogP contribution in [0, 0.1) is 0 Å². The van der Waals surface area contributed by atoms with Gasteiger partial charge in [0.25, 0.3) is 0 Å². The fourth-order valence-corrected chi connectivity index (χ4v) is 0.716. The first kappa shape index (κ1) is 8.19. The molecule has 1 rings (SSSR count). The minimum absolute atomic E-state index is 0. The number of rotatable bonds is 0. The van der Waals surface area contributed by atoms with Crippen LogP contribution in [0.3, 0.4) is 0 Å². The van der Waals surface area contributed by atoms with Crippen LogP contribution in [-0.4, -0.2) is 0 Å². The predicted octanol–water partition coefficient (Wildman–Crippen LogP) is 2.28. The van der Waals surface area contributed by atoms with E-state index >= 15 is 0 Å². The maximum Gasteiger partial charge on any atom is 0 e. The normalized spacial score (nSPS) is 16.8. The van der Waals surface area contributed by atoms with Crippen molar-refractivity contribution in [1.29, 1.82) is 0 Å². The molecule has 0 spiro atoms. The van der Waals surface area contributed by atoms with Gasteiger partial charge in [-0.05, 0) is 20.3 Å². The minimum Gasteiger partial charge on any atom is -0.0802 e. The summed E-state index contributed by atoms with van der Waals surface area (Å²) in [6.07, 6.45) is 5.55. The Morgan fingerprint density at radius 3 is 2.12 bits per heavy atom. The predicted molar refractivity (Wildman–Crippen MR) is 32.1 cm³/mol. The molecule has 0 heterocycles. The fourth-order valence-electron chi connectivity index (χ4n) is 0.716. The Balaban J connectivity index is 0.000000490. The van der Waals surface area contributed by atoms with E-state index in [1.54, 1.807) is 0 Å². The van der Waals surface area contributed by atoms with Gasteiger partial charge < -0.3 is 0 Å². The molecule has 0 saturated carbocycles. The molecular weight excluding hydrogens is 132 g/mol. The van der Waals surface area contributed by atoms with Gasteiger partial charge in [0.1, 0.15) is 0 Å². The van der Waals surface area contributed by atoms with Crippen molar-refractivity contribution in [2.24, 2.45) is 0 Å². The molecule has 0 aromatic rings. The molecule has 0 aromatic heterocycles. The summed E-state index contributed by atoms with van der Waals surface area (Å²) in [6, 6.07) is 0. The summed E-state index contributed by atoms with van der Waals surface area (Å²) in [4.78, 5) is 0. The molecule has 0 nitrogen and oxygen atoms in total. The zero-order valence-corrected chi connectivity index (χ0v) is 6.92. The van der Waals surface area contributed by atoms with Crippen LogP contribution in [0.15, 0.2) is 23.3 Å². The largest absolute Gasteiger partial charge is 0.0802 e. The molecule has 0 atom stereocenters. The second kappa shape index (κ2) is 3.27.